The molecule has 0 spiro atoms. The summed E-state index contributed by atoms with van der Waals surface area (Å²) in [5.74, 6) is -0.387. The second-order valence-electron chi connectivity index (χ2n) is 7.32. The van der Waals surface area contributed by atoms with Crippen molar-refractivity contribution in [3.05, 3.63) is 29.8 Å². The Hall–Kier alpha value is -2.12. The highest BCUT2D eigenvalue weighted by molar-refractivity contribution is 5.95. The van der Waals surface area contributed by atoms with E-state index < -0.39 is 11.4 Å². The van der Waals surface area contributed by atoms with Gasteiger partial charge in [-0.15, -0.1) is 0 Å². The molecule has 27 heavy (non-hydrogen) atoms. The molecule has 7 nitrogen and oxygen atoms in total. The van der Waals surface area contributed by atoms with E-state index in [2.05, 4.69) is 0 Å². The first-order chi connectivity index (χ1) is 13.0. The van der Waals surface area contributed by atoms with Crippen molar-refractivity contribution >= 4 is 11.9 Å². The minimum atomic E-state index is -1.03. The van der Waals surface area contributed by atoms with Crippen molar-refractivity contribution in [2.75, 3.05) is 40.0 Å². The molecule has 0 aliphatic carbocycles. The van der Waals surface area contributed by atoms with Crippen LogP contribution in [0.5, 0.6) is 5.75 Å². The molecule has 0 aromatic heterocycles. The highest BCUT2D eigenvalue weighted by Crippen LogP contribution is 2.31. The monoisotopic (exact) mass is 377 g/mol. The Morgan fingerprint density at radius 1 is 1.30 bits per heavy atom. The summed E-state index contributed by atoms with van der Waals surface area (Å²) < 4.78 is 16.4. The van der Waals surface area contributed by atoms with E-state index >= 15 is 0 Å². The predicted molar refractivity (Wildman–Crippen MR) is 98.0 cm³/mol. The number of nitrogens with zero attached hydrogens (tertiary/aromatic N) is 1. The molecule has 1 aromatic rings. The highest BCUT2D eigenvalue weighted by atomic mass is 16.5. The van der Waals surface area contributed by atoms with Crippen LogP contribution in [-0.2, 0) is 14.3 Å². The molecule has 0 bridgehead atoms. The molecule has 1 aromatic carbocycles. The van der Waals surface area contributed by atoms with E-state index in [1.54, 1.807) is 29.2 Å². The molecule has 2 aliphatic heterocycles. The highest BCUT2D eigenvalue weighted by Gasteiger charge is 2.44. The first-order valence-electron chi connectivity index (χ1n) is 9.40. The van der Waals surface area contributed by atoms with Gasteiger partial charge in [-0.2, -0.15) is 0 Å². The van der Waals surface area contributed by atoms with Crippen LogP contribution in [-0.4, -0.2) is 68.0 Å². The van der Waals surface area contributed by atoms with E-state index in [-0.39, 0.29) is 25.2 Å². The molecule has 2 unspecified atom stereocenters. The summed E-state index contributed by atoms with van der Waals surface area (Å²) in [6.45, 7) is 2.11. The van der Waals surface area contributed by atoms with Crippen molar-refractivity contribution in [1.29, 1.82) is 0 Å². The largest absolute Gasteiger partial charge is 0.491 e. The van der Waals surface area contributed by atoms with Gasteiger partial charge in [0.25, 0.3) is 5.91 Å². The number of carbonyl (C=O) groups is 2. The van der Waals surface area contributed by atoms with Crippen LogP contribution in [0.1, 0.15) is 36.0 Å². The fraction of sp³-hybridized carbons (Fsp3) is 0.600. The molecule has 0 saturated carbocycles. The number of rotatable bonds is 7. The molecule has 2 fully saturated rings. The van der Waals surface area contributed by atoms with Gasteiger partial charge in [-0.3, -0.25) is 9.59 Å². The Morgan fingerprint density at radius 3 is 2.70 bits per heavy atom. The summed E-state index contributed by atoms with van der Waals surface area (Å²) in [5.41, 5.74) is -0.509. The molecular weight excluding hydrogens is 350 g/mol. The third-order valence-electron chi connectivity index (χ3n) is 5.30. The van der Waals surface area contributed by atoms with Crippen LogP contribution in [0.15, 0.2) is 24.3 Å². The number of carboxylic acid groups (broad SMARTS) is 1. The first kappa shape index (κ1) is 19.6. The Morgan fingerprint density at radius 2 is 2.07 bits per heavy atom. The van der Waals surface area contributed by atoms with Crippen molar-refractivity contribution in [3.63, 3.8) is 0 Å². The maximum atomic E-state index is 12.8. The van der Waals surface area contributed by atoms with Crippen LogP contribution in [0.2, 0.25) is 0 Å². The maximum Gasteiger partial charge on any atom is 0.313 e. The van der Waals surface area contributed by atoms with Crippen molar-refractivity contribution in [1.82, 2.24) is 4.90 Å². The SMILES string of the molecule is COCC1(C(=O)O)CCCN(C(=O)c2ccc(OCC3CCCO3)cc2)C1. The van der Waals surface area contributed by atoms with Gasteiger partial charge < -0.3 is 24.2 Å². The summed E-state index contributed by atoms with van der Waals surface area (Å²) >= 11 is 0. The molecule has 1 amide bonds. The molecular formula is C20H27NO6. The lowest BCUT2D eigenvalue weighted by Gasteiger charge is -2.39. The fourth-order valence-electron chi connectivity index (χ4n) is 3.78. The number of carboxylic acids is 1. The fourth-order valence-corrected chi connectivity index (χ4v) is 3.78. The van der Waals surface area contributed by atoms with Gasteiger partial charge in [0, 0.05) is 32.4 Å². The molecule has 3 rings (SSSR count). The smallest absolute Gasteiger partial charge is 0.313 e. The van der Waals surface area contributed by atoms with Gasteiger partial charge in [0.05, 0.1) is 12.7 Å². The first-order valence-corrected chi connectivity index (χ1v) is 9.40. The molecule has 2 aliphatic rings. The molecule has 0 radical (unpaired) electrons. The van der Waals surface area contributed by atoms with Gasteiger partial charge in [0.1, 0.15) is 17.8 Å². The van der Waals surface area contributed by atoms with Gasteiger partial charge in [-0.1, -0.05) is 0 Å². The number of ether oxygens (including phenoxy) is 3. The van der Waals surface area contributed by atoms with Gasteiger partial charge in [0.2, 0.25) is 0 Å². The van der Waals surface area contributed by atoms with Crippen molar-refractivity contribution in [2.45, 2.75) is 31.8 Å². The molecule has 2 heterocycles. The number of methoxy groups -OCH3 is 1. The van der Waals surface area contributed by atoms with Crippen LogP contribution >= 0.6 is 0 Å². The Bertz CT molecular complexity index is 651. The molecule has 148 valence electrons. The van der Waals surface area contributed by atoms with E-state index in [1.165, 1.54) is 7.11 Å². The number of benzene rings is 1. The van der Waals surface area contributed by atoms with Gasteiger partial charge in [-0.05, 0) is 49.9 Å². The lowest BCUT2D eigenvalue weighted by Crippen LogP contribution is -2.52. The zero-order chi connectivity index (χ0) is 19.3. The Balaban J connectivity index is 1.61. The number of carbonyl (C=O) groups excluding carboxylic acids is 1. The van der Waals surface area contributed by atoms with Crippen molar-refractivity contribution in [3.8, 4) is 5.75 Å². The van der Waals surface area contributed by atoms with Crippen LogP contribution < -0.4 is 4.74 Å². The van der Waals surface area contributed by atoms with E-state index in [1.807, 2.05) is 0 Å². The van der Waals surface area contributed by atoms with E-state index in [0.29, 0.717) is 37.3 Å². The number of amides is 1. The third kappa shape index (κ3) is 4.59. The third-order valence-corrected chi connectivity index (χ3v) is 5.30. The topological polar surface area (TPSA) is 85.3 Å². The van der Waals surface area contributed by atoms with Crippen LogP contribution in [0, 0.1) is 5.41 Å². The second kappa shape index (κ2) is 8.71. The van der Waals surface area contributed by atoms with Crippen molar-refractivity contribution < 1.29 is 28.9 Å². The average molecular weight is 377 g/mol. The number of hydrogen-bond acceptors (Lipinski definition) is 5. The number of likely N-dealkylation sites (tertiary alicyclic amines) is 1. The van der Waals surface area contributed by atoms with Crippen molar-refractivity contribution in [2.24, 2.45) is 5.41 Å². The van der Waals surface area contributed by atoms with Gasteiger partial charge in [-0.25, -0.2) is 0 Å². The summed E-state index contributed by atoms with van der Waals surface area (Å²) in [7, 11) is 1.49. The number of aliphatic carboxylic acids is 1. The zero-order valence-corrected chi connectivity index (χ0v) is 15.7. The summed E-state index contributed by atoms with van der Waals surface area (Å²) in [4.78, 5) is 26.2. The minimum absolute atomic E-state index is 0.0993. The molecule has 2 atom stereocenters. The summed E-state index contributed by atoms with van der Waals surface area (Å²) in [6.07, 6.45) is 3.38. The Labute approximate surface area is 159 Å². The van der Waals surface area contributed by atoms with Gasteiger partial charge >= 0.3 is 5.97 Å². The Kier molecular flexibility index (Phi) is 6.34. The minimum Gasteiger partial charge on any atom is -0.491 e. The van der Waals surface area contributed by atoms with Gasteiger partial charge in [0.15, 0.2) is 0 Å². The standard InChI is InChI=1S/C20H27NO6/c1-25-14-20(19(23)24)9-3-10-21(13-20)18(22)15-5-7-16(8-6-15)27-12-17-4-2-11-26-17/h5-8,17H,2-4,9-14H2,1H3,(H,23,24). The predicted octanol–water partition coefficient (Wildman–Crippen LogP) is 2.20. The van der Waals surface area contributed by atoms with E-state index in [9.17, 15) is 14.7 Å². The summed E-state index contributed by atoms with van der Waals surface area (Å²) in [5, 5.41) is 9.63. The maximum absolute atomic E-state index is 12.8. The lowest BCUT2D eigenvalue weighted by molar-refractivity contribution is -0.155. The molecule has 7 heteroatoms. The number of hydrogen-bond donors (Lipinski definition) is 1. The van der Waals surface area contributed by atoms with E-state index in [0.717, 1.165) is 19.4 Å². The zero-order valence-electron chi connectivity index (χ0n) is 15.7. The van der Waals surface area contributed by atoms with Crippen LogP contribution in [0.25, 0.3) is 0 Å². The average Bonchev–Trinajstić information content (AvgIpc) is 3.20. The lowest BCUT2D eigenvalue weighted by atomic mass is 9.80. The van der Waals surface area contributed by atoms with Crippen LogP contribution in [0.4, 0.5) is 0 Å². The number of piperidine rings is 1. The second-order valence-corrected chi connectivity index (χ2v) is 7.32. The normalized spacial score (nSPS) is 25.4. The van der Waals surface area contributed by atoms with E-state index in [4.69, 9.17) is 14.2 Å². The molecule has 1 N–H and O–H groups in total. The molecule has 2 saturated heterocycles. The van der Waals surface area contributed by atoms with Crippen LogP contribution in [0.3, 0.4) is 0 Å². The summed E-state index contributed by atoms with van der Waals surface area (Å²) in [6, 6.07) is 6.98. The quantitative estimate of drug-likeness (QED) is 0.784.